The van der Waals surface area contributed by atoms with Crippen LogP contribution in [0.4, 0.5) is 4.39 Å². The van der Waals surface area contributed by atoms with E-state index in [0.717, 1.165) is 0 Å². The number of benzene rings is 1. The first kappa shape index (κ1) is 8.03. The Hall–Kier alpha value is -1.07. The van der Waals surface area contributed by atoms with Gasteiger partial charge in [0.15, 0.2) is 5.63 Å². The van der Waals surface area contributed by atoms with Crippen molar-refractivity contribution in [2.45, 2.75) is 5.63 Å². The van der Waals surface area contributed by atoms with Crippen molar-refractivity contribution < 1.29 is 4.39 Å². The second kappa shape index (κ2) is 3.36. The number of hydrogen-bond acceptors (Lipinski definition) is 1. The lowest BCUT2D eigenvalue weighted by atomic mass is 10.2. The second-order valence-electron chi connectivity index (χ2n) is 2.03. The van der Waals surface area contributed by atoms with Gasteiger partial charge in [-0.15, -0.1) is 0 Å². The second-order valence-corrected chi connectivity index (χ2v) is 2.42. The zero-order valence-electron chi connectivity index (χ0n) is 5.59. The molecule has 0 bridgehead atoms. The van der Waals surface area contributed by atoms with Gasteiger partial charge in [0.25, 0.3) is 0 Å². The van der Waals surface area contributed by atoms with E-state index in [-0.39, 0.29) is 0 Å². The van der Waals surface area contributed by atoms with Crippen molar-refractivity contribution in [1.29, 1.82) is 5.26 Å². The Morgan fingerprint density at radius 3 is 2.27 bits per heavy atom. The monoisotopic (exact) mass is 169 g/mol. The minimum absolute atomic E-state index is 0.380. The Morgan fingerprint density at radius 1 is 1.36 bits per heavy atom. The molecule has 0 aliphatic carbocycles. The zero-order chi connectivity index (χ0) is 8.27. The third-order valence-electron chi connectivity index (χ3n) is 1.29. The minimum atomic E-state index is -1.48. The third-order valence-corrected chi connectivity index (χ3v) is 1.54. The molecular weight excluding hydrogens is 165 g/mol. The maximum Gasteiger partial charge on any atom is 0.198 e. The number of alkyl halides is 2. The van der Waals surface area contributed by atoms with E-state index in [1.165, 1.54) is 24.3 Å². The van der Waals surface area contributed by atoms with Gasteiger partial charge in [0.2, 0.25) is 0 Å². The van der Waals surface area contributed by atoms with Gasteiger partial charge >= 0.3 is 0 Å². The van der Waals surface area contributed by atoms with Crippen LogP contribution in [0, 0.1) is 11.3 Å². The number of nitriles is 1. The van der Waals surface area contributed by atoms with Gasteiger partial charge in [0.05, 0.1) is 11.6 Å². The molecule has 0 fully saturated rings. The van der Waals surface area contributed by atoms with Crippen molar-refractivity contribution in [3.05, 3.63) is 35.4 Å². The van der Waals surface area contributed by atoms with Gasteiger partial charge in [-0.1, -0.05) is 23.7 Å². The predicted molar refractivity (Wildman–Crippen MR) is 40.9 cm³/mol. The molecule has 1 aromatic rings. The number of hydrogen-bond donors (Lipinski definition) is 0. The van der Waals surface area contributed by atoms with Gasteiger partial charge in [-0.2, -0.15) is 5.26 Å². The summed E-state index contributed by atoms with van der Waals surface area (Å²) >= 11 is 5.15. The van der Waals surface area contributed by atoms with Crippen LogP contribution in [0.2, 0.25) is 0 Å². The Labute approximate surface area is 69.0 Å². The molecule has 11 heavy (non-hydrogen) atoms. The lowest BCUT2D eigenvalue weighted by Crippen LogP contribution is -1.81. The summed E-state index contributed by atoms with van der Waals surface area (Å²) in [7, 11) is 0. The van der Waals surface area contributed by atoms with Crippen molar-refractivity contribution >= 4 is 11.6 Å². The molecule has 1 atom stereocenters. The van der Waals surface area contributed by atoms with E-state index in [1.54, 1.807) is 0 Å². The first-order valence-corrected chi connectivity index (χ1v) is 3.46. The molecule has 1 rings (SSSR count). The van der Waals surface area contributed by atoms with Crippen LogP contribution in [0.1, 0.15) is 16.8 Å². The fourth-order valence-electron chi connectivity index (χ4n) is 0.703. The zero-order valence-corrected chi connectivity index (χ0v) is 6.35. The number of nitrogens with zero attached hydrogens (tertiary/aromatic N) is 1. The SMILES string of the molecule is N#Cc1ccc(C(F)Cl)cc1. The molecule has 0 radical (unpaired) electrons. The molecule has 0 aliphatic rings. The molecule has 0 saturated carbocycles. The highest BCUT2D eigenvalue weighted by Crippen LogP contribution is 2.21. The van der Waals surface area contributed by atoms with Crippen molar-refractivity contribution in [1.82, 2.24) is 0 Å². The van der Waals surface area contributed by atoms with Crippen molar-refractivity contribution in [2.24, 2.45) is 0 Å². The van der Waals surface area contributed by atoms with Gasteiger partial charge in [-0.3, -0.25) is 0 Å². The molecule has 56 valence electrons. The van der Waals surface area contributed by atoms with Crippen LogP contribution in [-0.4, -0.2) is 0 Å². The van der Waals surface area contributed by atoms with E-state index in [4.69, 9.17) is 16.9 Å². The molecule has 1 nitrogen and oxygen atoms in total. The summed E-state index contributed by atoms with van der Waals surface area (Å²) < 4.78 is 12.4. The summed E-state index contributed by atoms with van der Waals surface area (Å²) in [6.07, 6.45) is 0. The van der Waals surface area contributed by atoms with Gasteiger partial charge in [-0.05, 0) is 12.1 Å². The number of rotatable bonds is 1. The highest BCUT2D eigenvalue weighted by atomic mass is 35.5. The van der Waals surface area contributed by atoms with E-state index in [1.807, 2.05) is 6.07 Å². The van der Waals surface area contributed by atoms with Crippen molar-refractivity contribution in [3.63, 3.8) is 0 Å². The molecular formula is C8H5ClFN. The Morgan fingerprint density at radius 2 is 1.91 bits per heavy atom. The largest absolute Gasteiger partial charge is 0.225 e. The van der Waals surface area contributed by atoms with Gasteiger partial charge in [0, 0.05) is 5.56 Å². The van der Waals surface area contributed by atoms with Gasteiger partial charge in [-0.25, -0.2) is 4.39 Å². The summed E-state index contributed by atoms with van der Waals surface area (Å²) in [4.78, 5) is 0. The molecule has 1 unspecified atom stereocenters. The van der Waals surface area contributed by atoms with Crippen LogP contribution in [0.25, 0.3) is 0 Å². The van der Waals surface area contributed by atoms with Gasteiger partial charge < -0.3 is 0 Å². The third kappa shape index (κ3) is 1.92. The van der Waals surface area contributed by atoms with E-state index < -0.39 is 5.63 Å². The van der Waals surface area contributed by atoms with Crippen LogP contribution in [0.3, 0.4) is 0 Å². The fourth-order valence-corrected chi connectivity index (χ4v) is 0.849. The molecule has 1 aromatic carbocycles. The smallest absolute Gasteiger partial charge is 0.198 e. The van der Waals surface area contributed by atoms with Crippen molar-refractivity contribution in [2.75, 3.05) is 0 Å². The fraction of sp³-hybridized carbons (Fsp3) is 0.125. The molecule has 0 N–H and O–H groups in total. The standard InChI is InChI=1S/C8H5ClFN/c9-8(10)7-3-1-6(5-11)2-4-7/h1-4,8H. The van der Waals surface area contributed by atoms with E-state index >= 15 is 0 Å². The van der Waals surface area contributed by atoms with Crippen molar-refractivity contribution in [3.8, 4) is 6.07 Å². The topological polar surface area (TPSA) is 23.8 Å². The Bertz CT molecular complexity index is 273. The van der Waals surface area contributed by atoms with Crippen LogP contribution in [0.15, 0.2) is 24.3 Å². The van der Waals surface area contributed by atoms with Crippen LogP contribution in [-0.2, 0) is 0 Å². The van der Waals surface area contributed by atoms with E-state index in [0.29, 0.717) is 11.1 Å². The molecule has 0 saturated heterocycles. The quantitative estimate of drug-likeness (QED) is 0.593. The molecule has 0 amide bonds. The summed E-state index contributed by atoms with van der Waals surface area (Å²) in [5.74, 6) is 0. The summed E-state index contributed by atoms with van der Waals surface area (Å²) in [5, 5.41) is 8.39. The average Bonchev–Trinajstić information content (AvgIpc) is 2.05. The molecule has 0 aliphatic heterocycles. The normalized spacial score (nSPS) is 12.1. The Kier molecular flexibility index (Phi) is 2.45. The lowest BCUT2D eigenvalue weighted by molar-refractivity contribution is 0.460. The molecule has 0 aromatic heterocycles. The van der Waals surface area contributed by atoms with E-state index in [2.05, 4.69) is 0 Å². The highest BCUT2D eigenvalue weighted by Gasteiger charge is 2.02. The molecule has 3 heteroatoms. The van der Waals surface area contributed by atoms with Crippen LogP contribution < -0.4 is 0 Å². The average molecular weight is 170 g/mol. The maximum absolute atomic E-state index is 12.4. The van der Waals surface area contributed by atoms with E-state index in [9.17, 15) is 4.39 Å². The molecule has 0 spiro atoms. The van der Waals surface area contributed by atoms with Crippen LogP contribution in [0.5, 0.6) is 0 Å². The predicted octanol–water partition coefficient (Wildman–Crippen LogP) is 2.77. The summed E-state index contributed by atoms with van der Waals surface area (Å²) in [6, 6.07) is 7.98. The maximum atomic E-state index is 12.4. The summed E-state index contributed by atoms with van der Waals surface area (Å²) in [6.45, 7) is 0. The number of halogens is 2. The summed E-state index contributed by atoms with van der Waals surface area (Å²) in [5.41, 5.74) is -0.598. The Balaban J connectivity index is 2.94. The lowest BCUT2D eigenvalue weighted by Gasteiger charge is -1.97. The van der Waals surface area contributed by atoms with Crippen LogP contribution >= 0.6 is 11.6 Å². The van der Waals surface area contributed by atoms with Gasteiger partial charge in [0.1, 0.15) is 0 Å². The minimum Gasteiger partial charge on any atom is -0.225 e. The highest BCUT2D eigenvalue weighted by molar-refractivity contribution is 6.19. The first-order valence-electron chi connectivity index (χ1n) is 3.02. The molecule has 0 heterocycles. The first-order chi connectivity index (χ1) is 5.24.